The topological polar surface area (TPSA) is 30.7 Å². The van der Waals surface area contributed by atoms with Crippen molar-refractivity contribution in [2.45, 2.75) is 11.7 Å². The van der Waals surface area contributed by atoms with E-state index < -0.39 is 0 Å². The van der Waals surface area contributed by atoms with Gasteiger partial charge >= 0.3 is 0 Å². The summed E-state index contributed by atoms with van der Waals surface area (Å²) in [6, 6.07) is 10.1. The molecule has 0 bridgehead atoms. The number of benzene rings is 1. The first-order chi connectivity index (χ1) is 6.93. The maximum atomic E-state index is 4.48. The molecule has 14 heavy (non-hydrogen) atoms. The molecule has 0 amide bonds. The number of nitrogens with zero attached hydrogens (tertiary/aromatic N) is 3. The predicted octanol–water partition coefficient (Wildman–Crippen LogP) is 2.05. The second-order valence-electron chi connectivity index (χ2n) is 3.16. The van der Waals surface area contributed by atoms with Crippen LogP contribution in [0.4, 0.5) is 0 Å². The molecule has 3 nitrogen and oxygen atoms in total. The molecule has 0 saturated heterocycles. The van der Waals surface area contributed by atoms with Gasteiger partial charge in [-0.1, -0.05) is 42.1 Å². The molecule has 0 N–H and O–H groups in total. The van der Waals surface area contributed by atoms with E-state index in [-0.39, 0.29) is 0 Å². The number of hydrogen-bond donors (Lipinski definition) is 0. The van der Waals surface area contributed by atoms with Crippen LogP contribution in [-0.4, -0.2) is 20.5 Å². The van der Waals surface area contributed by atoms with Crippen LogP contribution in [0.1, 0.15) is 0 Å². The fourth-order valence-corrected chi connectivity index (χ4v) is 2.39. The maximum Gasteiger partial charge on any atom is 0.186 e. The van der Waals surface area contributed by atoms with E-state index in [4.69, 9.17) is 0 Å². The summed E-state index contributed by atoms with van der Waals surface area (Å²) >= 11 is 1.77. The number of aromatic nitrogens is 3. The first kappa shape index (κ1) is 8.05. The third kappa shape index (κ3) is 1.23. The van der Waals surface area contributed by atoms with Gasteiger partial charge in [0.15, 0.2) is 11.0 Å². The molecule has 1 aliphatic heterocycles. The van der Waals surface area contributed by atoms with Gasteiger partial charge in [0.1, 0.15) is 0 Å². The van der Waals surface area contributed by atoms with Gasteiger partial charge in [0.2, 0.25) is 0 Å². The minimum atomic E-state index is 0.841. The second-order valence-corrected chi connectivity index (χ2v) is 4.22. The zero-order valence-electron chi connectivity index (χ0n) is 7.55. The Labute approximate surface area is 86.2 Å². The Morgan fingerprint density at radius 1 is 1.21 bits per heavy atom. The summed E-state index contributed by atoms with van der Waals surface area (Å²) in [6.07, 6.45) is 0. The highest BCUT2D eigenvalue weighted by Crippen LogP contribution is 2.25. The van der Waals surface area contributed by atoms with Crippen LogP contribution in [0.3, 0.4) is 0 Å². The molecular formula is C10H9N3S. The lowest BCUT2D eigenvalue weighted by Gasteiger charge is -1.93. The highest BCUT2D eigenvalue weighted by Gasteiger charge is 2.16. The smallest absolute Gasteiger partial charge is 0.186 e. The van der Waals surface area contributed by atoms with E-state index >= 15 is 0 Å². The quantitative estimate of drug-likeness (QED) is 0.710. The number of fused-ring (bicyclic) bond motifs is 1. The standard InChI is InChI=1S/C10H9N3S/c1-2-4-8(5-3-1)9-11-10-13(12-9)6-7-14-10/h1-5H,6-7H2. The minimum absolute atomic E-state index is 0.841. The highest BCUT2D eigenvalue weighted by atomic mass is 32.2. The van der Waals surface area contributed by atoms with Crippen molar-refractivity contribution >= 4 is 11.8 Å². The van der Waals surface area contributed by atoms with Gasteiger partial charge in [-0.3, -0.25) is 0 Å². The van der Waals surface area contributed by atoms with Gasteiger partial charge in [-0.25, -0.2) is 9.67 Å². The van der Waals surface area contributed by atoms with Crippen molar-refractivity contribution in [3.8, 4) is 11.4 Å². The van der Waals surface area contributed by atoms with Gasteiger partial charge in [-0.2, -0.15) is 0 Å². The van der Waals surface area contributed by atoms with Crippen LogP contribution in [0, 0.1) is 0 Å². The van der Waals surface area contributed by atoms with Crippen LogP contribution in [0.2, 0.25) is 0 Å². The van der Waals surface area contributed by atoms with Crippen molar-refractivity contribution in [2.75, 3.05) is 5.75 Å². The molecule has 4 heteroatoms. The van der Waals surface area contributed by atoms with Gasteiger partial charge < -0.3 is 0 Å². The molecule has 70 valence electrons. The van der Waals surface area contributed by atoms with Crippen LogP contribution < -0.4 is 0 Å². The van der Waals surface area contributed by atoms with Gasteiger partial charge in [-0.15, -0.1) is 5.10 Å². The average Bonchev–Trinajstić information content (AvgIpc) is 2.78. The predicted molar refractivity (Wildman–Crippen MR) is 56.2 cm³/mol. The molecule has 1 aromatic heterocycles. The molecule has 2 aromatic rings. The van der Waals surface area contributed by atoms with Crippen molar-refractivity contribution in [3.05, 3.63) is 30.3 Å². The number of aryl methyl sites for hydroxylation is 1. The van der Waals surface area contributed by atoms with E-state index in [1.807, 2.05) is 35.0 Å². The highest BCUT2D eigenvalue weighted by molar-refractivity contribution is 7.99. The van der Waals surface area contributed by atoms with E-state index in [1.165, 1.54) is 0 Å². The Kier molecular flexibility index (Phi) is 1.80. The number of hydrogen-bond acceptors (Lipinski definition) is 3. The lowest BCUT2D eigenvalue weighted by Crippen LogP contribution is -1.95. The van der Waals surface area contributed by atoms with Crippen LogP contribution in [0.15, 0.2) is 35.5 Å². The Morgan fingerprint density at radius 3 is 2.86 bits per heavy atom. The third-order valence-corrected chi connectivity index (χ3v) is 3.15. The molecule has 2 heterocycles. The molecule has 3 rings (SSSR count). The Hall–Kier alpha value is -1.29. The molecule has 1 aliphatic rings. The van der Waals surface area contributed by atoms with Crippen molar-refractivity contribution in [1.29, 1.82) is 0 Å². The Bertz CT molecular complexity index is 428. The number of thioether (sulfide) groups is 1. The van der Waals surface area contributed by atoms with E-state index in [0.29, 0.717) is 0 Å². The summed E-state index contributed by atoms with van der Waals surface area (Å²) in [4.78, 5) is 4.48. The fourth-order valence-electron chi connectivity index (χ4n) is 1.51. The van der Waals surface area contributed by atoms with Crippen LogP contribution in [-0.2, 0) is 6.54 Å². The van der Waals surface area contributed by atoms with Crippen molar-refractivity contribution in [1.82, 2.24) is 14.8 Å². The SMILES string of the molecule is c1ccc(-c2nc3n(n2)CCS3)cc1. The Balaban J connectivity index is 2.06. The summed E-state index contributed by atoms with van der Waals surface area (Å²) in [5.74, 6) is 1.94. The van der Waals surface area contributed by atoms with Gasteiger partial charge in [-0.05, 0) is 0 Å². The molecule has 0 aliphatic carbocycles. The monoisotopic (exact) mass is 203 g/mol. The molecule has 0 radical (unpaired) electrons. The fraction of sp³-hybridized carbons (Fsp3) is 0.200. The van der Waals surface area contributed by atoms with E-state index in [9.17, 15) is 0 Å². The third-order valence-electron chi connectivity index (χ3n) is 2.20. The molecule has 0 fully saturated rings. The van der Waals surface area contributed by atoms with Crippen LogP contribution >= 0.6 is 11.8 Å². The normalized spacial score (nSPS) is 14.3. The van der Waals surface area contributed by atoms with Gasteiger partial charge in [0.25, 0.3) is 0 Å². The maximum absolute atomic E-state index is 4.48. The van der Waals surface area contributed by atoms with Crippen molar-refractivity contribution < 1.29 is 0 Å². The van der Waals surface area contributed by atoms with E-state index in [0.717, 1.165) is 28.8 Å². The van der Waals surface area contributed by atoms with Crippen LogP contribution in [0.25, 0.3) is 11.4 Å². The minimum Gasteiger partial charge on any atom is -0.239 e. The summed E-state index contributed by atoms with van der Waals surface area (Å²) in [6.45, 7) is 0.986. The van der Waals surface area contributed by atoms with Crippen LogP contribution in [0.5, 0.6) is 0 Å². The first-order valence-electron chi connectivity index (χ1n) is 4.56. The molecule has 0 spiro atoms. The van der Waals surface area contributed by atoms with E-state index in [2.05, 4.69) is 10.1 Å². The molecular weight excluding hydrogens is 194 g/mol. The van der Waals surface area contributed by atoms with E-state index in [1.54, 1.807) is 11.8 Å². The zero-order chi connectivity index (χ0) is 9.38. The summed E-state index contributed by atoms with van der Waals surface area (Å²) in [5, 5.41) is 5.49. The van der Waals surface area contributed by atoms with Crippen molar-refractivity contribution in [3.63, 3.8) is 0 Å². The Morgan fingerprint density at radius 2 is 2.07 bits per heavy atom. The number of rotatable bonds is 1. The molecule has 1 aromatic carbocycles. The lowest BCUT2D eigenvalue weighted by atomic mass is 10.2. The van der Waals surface area contributed by atoms with Crippen molar-refractivity contribution in [2.24, 2.45) is 0 Å². The molecule has 0 saturated carbocycles. The zero-order valence-corrected chi connectivity index (χ0v) is 8.37. The largest absolute Gasteiger partial charge is 0.239 e. The van der Waals surface area contributed by atoms with Gasteiger partial charge in [0, 0.05) is 11.3 Å². The first-order valence-corrected chi connectivity index (χ1v) is 5.55. The average molecular weight is 203 g/mol. The lowest BCUT2D eigenvalue weighted by molar-refractivity contribution is 0.626. The molecule has 0 atom stereocenters. The summed E-state index contributed by atoms with van der Waals surface area (Å²) < 4.78 is 1.98. The summed E-state index contributed by atoms with van der Waals surface area (Å²) in [7, 11) is 0. The molecule has 0 unspecified atom stereocenters. The van der Waals surface area contributed by atoms with Gasteiger partial charge in [0.05, 0.1) is 6.54 Å². The second kappa shape index (κ2) is 3.13. The summed E-state index contributed by atoms with van der Waals surface area (Å²) in [5.41, 5.74) is 1.09.